The molecular formula is C13H12FN3O2. The number of anilines is 2. The number of nitrogen functional groups attached to an aromatic ring is 1. The first-order valence-corrected chi connectivity index (χ1v) is 5.46. The Labute approximate surface area is 109 Å². The maximum atomic E-state index is 12.7. The molecule has 0 saturated carbocycles. The molecule has 1 aromatic heterocycles. The summed E-state index contributed by atoms with van der Waals surface area (Å²) in [4.78, 5) is 15.7. The van der Waals surface area contributed by atoms with Crippen molar-refractivity contribution < 1.29 is 13.9 Å². The van der Waals surface area contributed by atoms with Gasteiger partial charge in [-0.2, -0.15) is 0 Å². The van der Waals surface area contributed by atoms with Crippen LogP contribution in [0.5, 0.6) is 5.75 Å². The molecule has 0 aliphatic heterocycles. The lowest BCUT2D eigenvalue weighted by molar-refractivity contribution is 0.102. The number of nitrogens with two attached hydrogens (primary N) is 1. The van der Waals surface area contributed by atoms with E-state index in [2.05, 4.69) is 10.3 Å². The second-order valence-corrected chi connectivity index (χ2v) is 3.77. The van der Waals surface area contributed by atoms with Crippen LogP contribution in [0.15, 0.2) is 36.5 Å². The van der Waals surface area contributed by atoms with Gasteiger partial charge in [0.2, 0.25) is 0 Å². The number of carbonyl (C=O) groups is 1. The number of carbonyl (C=O) groups excluding carboxylic acids is 1. The number of halogens is 1. The highest BCUT2D eigenvalue weighted by molar-refractivity contribution is 6.04. The number of benzene rings is 1. The number of pyridine rings is 1. The second-order valence-electron chi connectivity index (χ2n) is 3.77. The van der Waals surface area contributed by atoms with Crippen molar-refractivity contribution in [3.05, 3.63) is 47.9 Å². The lowest BCUT2D eigenvalue weighted by atomic mass is 10.2. The lowest BCUT2D eigenvalue weighted by Crippen LogP contribution is -2.13. The molecule has 0 radical (unpaired) electrons. The Morgan fingerprint density at radius 2 is 2.16 bits per heavy atom. The molecule has 1 aromatic carbocycles. The van der Waals surface area contributed by atoms with Gasteiger partial charge in [-0.3, -0.25) is 4.79 Å². The maximum Gasteiger partial charge on any atom is 0.256 e. The van der Waals surface area contributed by atoms with Gasteiger partial charge in [0.05, 0.1) is 19.0 Å². The molecule has 1 heterocycles. The van der Waals surface area contributed by atoms with Gasteiger partial charge in [0, 0.05) is 5.56 Å². The van der Waals surface area contributed by atoms with Gasteiger partial charge in [0.1, 0.15) is 17.4 Å². The zero-order chi connectivity index (χ0) is 13.8. The predicted molar refractivity (Wildman–Crippen MR) is 69.6 cm³/mol. The predicted octanol–water partition coefficient (Wildman–Crippen LogP) is 2.06. The van der Waals surface area contributed by atoms with E-state index in [1.807, 2.05) is 0 Å². The molecule has 0 aliphatic rings. The van der Waals surface area contributed by atoms with Gasteiger partial charge in [-0.25, -0.2) is 9.37 Å². The van der Waals surface area contributed by atoms with Crippen molar-refractivity contribution >= 4 is 17.4 Å². The average molecular weight is 261 g/mol. The van der Waals surface area contributed by atoms with E-state index in [0.717, 1.165) is 6.20 Å². The number of rotatable bonds is 3. The first kappa shape index (κ1) is 12.8. The molecule has 2 rings (SSSR count). The number of aromatic nitrogens is 1. The molecule has 0 aliphatic carbocycles. The number of ether oxygens (including phenoxy) is 1. The Balaban J connectivity index is 2.18. The van der Waals surface area contributed by atoms with Crippen molar-refractivity contribution in [1.82, 2.24) is 4.98 Å². The van der Waals surface area contributed by atoms with Gasteiger partial charge < -0.3 is 15.8 Å². The summed E-state index contributed by atoms with van der Waals surface area (Å²) in [6.07, 6.45) is 1.03. The van der Waals surface area contributed by atoms with Crippen LogP contribution in [0.2, 0.25) is 0 Å². The minimum absolute atomic E-state index is 0.266. The Kier molecular flexibility index (Phi) is 3.61. The highest BCUT2D eigenvalue weighted by atomic mass is 19.1. The highest BCUT2D eigenvalue weighted by Crippen LogP contribution is 2.22. The van der Waals surface area contributed by atoms with Gasteiger partial charge in [0.15, 0.2) is 0 Å². The van der Waals surface area contributed by atoms with E-state index < -0.39 is 5.82 Å². The van der Waals surface area contributed by atoms with Gasteiger partial charge in [0.25, 0.3) is 5.91 Å². The van der Waals surface area contributed by atoms with Crippen molar-refractivity contribution in [3.8, 4) is 5.75 Å². The average Bonchev–Trinajstić information content (AvgIpc) is 2.42. The first-order chi connectivity index (χ1) is 9.10. The molecule has 0 unspecified atom stereocenters. The summed E-state index contributed by atoms with van der Waals surface area (Å²) >= 11 is 0. The van der Waals surface area contributed by atoms with Crippen molar-refractivity contribution in [1.29, 1.82) is 0 Å². The molecular weight excluding hydrogens is 249 g/mol. The SMILES string of the molecule is COc1cc(C(=O)Nc2ccc(F)cn2)ccc1N. The van der Waals surface area contributed by atoms with Crippen LogP contribution in [0, 0.1) is 5.82 Å². The normalized spacial score (nSPS) is 10.0. The Morgan fingerprint density at radius 1 is 1.37 bits per heavy atom. The molecule has 2 aromatic rings. The van der Waals surface area contributed by atoms with Crippen molar-refractivity contribution in [2.24, 2.45) is 0 Å². The van der Waals surface area contributed by atoms with Crippen LogP contribution >= 0.6 is 0 Å². The summed E-state index contributed by atoms with van der Waals surface area (Å²) < 4.78 is 17.7. The van der Waals surface area contributed by atoms with Crippen LogP contribution in [0.4, 0.5) is 15.9 Å². The number of nitrogens with zero attached hydrogens (tertiary/aromatic N) is 1. The zero-order valence-electron chi connectivity index (χ0n) is 10.2. The van der Waals surface area contributed by atoms with E-state index in [4.69, 9.17) is 10.5 Å². The lowest BCUT2D eigenvalue weighted by Gasteiger charge is -2.08. The minimum Gasteiger partial charge on any atom is -0.495 e. The first-order valence-electron chi connectivity index (χ1n) is 5.46. The molecule has 6 heteroatoms. The molecule has 1 amide bonds. The van der Waals surface area contributed by atoms with Crippen molar-refractivity contribution in [3.63, 3.8) is 0 Å². The third-order valence-electron chi connectivity index (χ3n) is 2.46. The summed E-state index contributed by atoms with van der Waals surface area (Å²) in [5.74, 6) is -0.161. The quantitative estimate of drug-likeness (QED) is 0.829. The van der Waals surface area contributed by atoms with E-state index in [1.165, 1.54) is 25.3 Å². The fourth-order valence-electron chi connectivity index (χ4n) is 1.49. The molecule has 5 nitrogen and oxygen atoms in total. The third kappa shape index (κ3) is 2.98. The fourth-order valence-corrected chi connectivity index (χ4v) is 1.49. The number of amides is 1. The molecule has 19 heavy (non-hydrogen) atoms. The molecule has 0 spiro atoms. The fraction of sp³-hybridized carbons (Fsp3) is 0.0769. The van der Waals surface area contributed by atoms with Crippen LogP contribution in [0.25, 0.3) is 0 Å². The Morgan fingerprint density at radius 3 is 2.79 bits per heavy atom. The second kappa shape index (κ2) is 5.34. The van der Waals surface area contributed by atoms with Gasteiger partial charge in [-0.15, -0.1) is 0 Å². The molecule has 0 bridgehead atoms. The minimum atomic E-state index is -0.466. The number of hydrogen-bond donors (Lipinski definition) is 2. The third-order valence-corrected chi connectivity index (χ3v) is 2.46. The van der Waals surface area contributed by atoms with Crippen LogP contribution in [-0.2, 0) is 0 Å². The van der Waals surface area contributed by atoms with Gasteiger partial charge >= 0.3 is 0 Å². The maximum absolute atomic E-state index is 12.7. The van der Waals surface area contributed by atoms with Crippen LogP contribution < -0.4 is 15.8 Å². The molecule has 0 atom stereocenters. The standard InChI is InChI=1S/C13H12FN3O2/c1-19-11-6-8(2-4-10(11)15)13(18)17-12-5-3-9(14)7-16-12/h2-7H,15H2,1H3,(H,16,17,18). The summed E-state index contributed by atoms with van der Waals surface area (Å²) in [6.45, 7) is 0. The molecule has 3 N–H and O–H groups in total. The summed E-state index contributed by atoms with van der Waals surface area (Å²) in [5, 5.41) is 2.54. The van der Waals surface area contributed by atoms with E-state index in [0.29, 0.717) is 17.0 Å². The van der Waals surface area contributed by atoms with Gasteiger partial charge in [-0.05, 0) is 30.3 Å². The Hall–Kier alpha value is -2.63. The van der Waals surface area contributed by atoms with Crippen LogP contribution in [0.1, 0.15) is 10.4 Å². The van der Waals surface area contributed by atoms with Crippen molar-refractivity contribution in [2.75, 3.05) is 18.2 Å². The zero-order valence-corrected chi connectivity index (χ0v) is 10.2. The topological polar surface area (TPSA) is 77.2 Å². The number of hydrogen-bond acceptors (Lipinski definition) is 4. The Bertz CT molecular complexity index is 599. The molecule has 0 fully saturated rings. The number of methoxy groups -OCH3 is 1. The molecule has 98 valence electrons. The summed E-state index contributed by atoms with van der Waals surface area (Å²) in [5.41, 5.74) is 6.47. The van der Waals surface area contributed by atoms with E-state index in [9.17, 15) is 9.18 Å². The highest BCUT2D eigenvalue weighted by Gasteiger charge is 2.09. The van der Waals surface area contributed by atoms with Crippen molar-refractivity contribution in [2.45, 2.75) is 0 Å². The van der Waals surface area contributed by atoms with E-state index in [-0.39, 0.29) is 11.7 Å². The number of nitrogens with one attached hydrogen (secondary N) is 1. The molecule has 0 saturated heterocycles. The smallest absolute Gasteiger partial charge is 0.256 e. The monoisotopic (exact) mass is 261 g/mol. The van der Waals surface area contributed by atoms with E-state index >= 15 is 0 Å². The van der Waals surface area contributed by atoms with Gasteiger partial charge in [-0.1, -0.05) is 0 Å². The summed E-state index contributed by atoms with van der Waals surface area (Å²) in [6, 6.07) is 7.25. The summed E-state index contributed by atoms with van der Waals surface area (Å²) in [7, 11) is 1.47. The van der Waals surface area contributed by atoms with E-state index in [1.54, 1.807) is 12.1 Å². The largest absolute Gasteiger partial charge is 0.495 e. The van der Waals surface area contributed by atoms with Crippen LogP contribution in [-0.4, -0.2) is 18.0 Å². The van der Waals surface area contributed by atoms with Crippen LogP contribution in [0.3, 0.4) is 0 Å².